The van der Waals surface area contributed by atoms with E-state index < -0.39 is 24.3 Å². The van der Waals surface area contributed by atoms with Crippen LogP contribution in [0.2, 0.25) is 0 Å². The Morgan fingerprint density at radius 1 is 0.400 bits per heavy atom. The van der Waals surface area contributed by atoms with Gasteiger partial charge in [0.05, 0.1) is 34.4 Å². The maximum Gasteiger partial charge on any atom is 0.361 e. The van der Waals surface area contributed by atoms with E-state index in [1.165, 1.54) is 122 Å². The first-order valence-corrected chi connectivity index (χ1v) is 30.4. The zero-order valence-electron chi connectivity index (χ0n) is 48.9. The first kappa shape index (κ1) is 71.2. The Kier molecular flexibility index (Phi) is 53.6. The van der Waals surface area contributed by atoms with E-state index in [1.807, 2.05) is 21.1 Å². The van der Waals surface area contributed by atoms with Crippen LogP contribution in [0.1, 0.15) is 245 Å². The van der Waals surface area contributed by atoms with Gasteiger partial charge in [-0.05, 0) is 89.9 Å². The van der Waals surface area contributed by atoms with Crippen LogP contribution in [0.5, 0.6) is 0 Å². The minimum atomic E-state index is -1.52. The molecule has 9 nitrogen and oxygen atoms in total. The third kappa shape index (κ3) is 57.7. The Labute approximate surface area is 461 Å². The molecule has 0 aliphatic heterocycles. The molecule has 0 rings (SSSR count). The van der Waals surface area contributed by atoms with E-state index in [2.05, 4.69) is 111 Å². The number of aliphatic carboxylic acids is 1. The minimum absolute atomic E-state index is 0.180. The van der Waals surface area contributed by atoms with E-state index in [1.54, 1.807) is 0 Å². The van der Waals surface area contributed by atoms with Crippen molar-refractivity contribution in [3.05, 3.63) is 97.2 Å². The highest BCUT2D eigenvalue weighted by Gasteiger charge is 2.25. The second-order valence-corrected chi connectivity index (χ2v) is 21.2. The Hall–Kier alpha value is -3.79. The number of quaternary nitrogens is 1. The highest BCUT2D eigenvalue weighted by molar-refractivity contribution is 5.71. The van der Waals surface area contributed by atoms with Gasteiger partial charge in [-0.15, -0.1) is 0 Å². The van der Waals surface area contributed by atoms with Crippen molar-refractivity contribution >= 4 is 17.9 Å². The highest BCUT2D eigenvalue weighted by Crippen LogP contribution is 2.17. The second-order valence-electron chi connectivity index (χ2n) is 21.2. The fraction of sp³-hybridized carbons (Fsp3) is 0.712. The molecule has 2 unspecified atom stereocenters. The zero-order chi connectivity index (χ0) is 54.8. The van der Waals surface area contributed by atoms with Crippen molar-refractivity contribution in [3.63, 3.8) is 0 Å². The Balaban J connectivity index is 4.03. The molecule has 0 saturated carbocycles. The van der Waals surface area contributed by atoms with Crippen LogP contribution in [0.15, 0.2) is 97.2 Å². The summed E-state index contributed by atoms with van der Waals surface area (Å²) < 4.78 is 22.8. The fourth-order valence-electron chi connectivity index (χ4n) is 8.23. The molecule has 0 aliphatic rings. The number of likely N-dealkylation sites (N-methyl/N-ethyl adjacent to an activating group) is 1. The quantitative estimate of drug-likeness (QED) is 0.0211. The average Bonchev–Trinajstić information content (AvgIpc) is 3.38. The van der Waals surface area contributed by atoms with Crippen molar-refractivity contribution in [3.8, 4) is 0 Å². The smallest absolute Gasteiger partial charge is 0.361 e. The number of nitrogens with zero attached hydrogens (tertiary/aromatic N) is 1. The predicted octanol–water partition coefficient (Wildman–Crippen LogP) is 18.1. The van der Waals surface area contributed by atoms with Crippen molar-refractivity contribution in [1.29, 1.82) is 0 Å². The first-order valence-electron chi connectivity index (χ1n) is 30.4. The van der Waals surface area contributed by atoms with Crippen molar-refractivity contribution < 1.29 is 42.9 Å². The van der Waals surface area contributed by atoms with Crippen molar-refractivity contribution in [2.75, 3.05) is 47.5 Å². The summed E-state index contributed by atoms with van der Waals surface area (Å²) in [5, 5.41) is 9.69. The fourth-order valence-corrected chi connectivity index (χ4v) is 8.23. The number of hydrogen-bond acceptors (Lipinski definition) is 7. The van der Waals surface area contributed by atoms with Gasteiger partial charge < -0.3 is 28.5 Å². The molecule has 430 valence electrons. The number of carbonyl (C=O) groups is 3. The lowest BCUT2D eigenvalue weighted by molar-refractivity contribution is -0.870. The van der Waals surface area contributed by atoms with E-state index in [4.69, 9.17) is 18.9 Å². The lowest BCUT2D eigenvalue weighted by Crippen LogP contribution is -2.40. The predicted molar refractivity (Wildman–Crippen MR) is 318 cm³/mol. The third-order valence-electron chi connectivity index (χ3n) is 12.8. The van der Waals surface area contributed by atoms with Gasteiger partial charge in [-0.3, -0.25) is 9.59 Å². The van der Waals surface area contributed by atoms with E-state index in [-0.39, 0.29) is 38.6 Å². The van der Waals surface area contributed by atoms with Gasteiger partial charge in [0.2, 0.25) is 0 Å². The molecule has 9 heteroatoms. The number of hydrogen-bond donors (Lipinski definition) is 1. The summed E-state index contributed by atoms with van der Waals surface area (Å²) in [7, 11) is 5.95. The van der Waals surface area contributed by atoms with Gasteiger partial charge in [-0.25, -0.2) is 4.79 Å². The maximum atomic E-state index is 12.9. The number of allylic oxidation sites excluding steroid dienone is 16. The number of esters is 2. The van der Waals surface area contributed by atoms with Crippen LogP contribution < -0.4 is 0 Å². The number of unbranched alkanes of at least 4 members (excludes halogenated alkanes) is 24. The highest BCUT2D eigenvalue weighted by atomic mass is 16.7. The molecular weight excluding hydrogens is 935 g/mol. The van der Waals surface area contributed by atoms with Crippen LogP contribution in [0.4, 0.5) is 0 Å². The van der Waals surface area contributed by atoms with E-state index in [0.29, 0.717) is 23.9 Å². The van der Waals surface area contributed by atoms with E-state index in [0.717, 1.165) is 83.5 Å². The Morgan fingerprint density at radius 3 is 1.08 bits per heavy atom. The van der Waals surface area contributed by atoms with E-state index >= 15 is 0 Å². The Bertz CT molecular complexity index is 1550. The van der Waals surface area contributed by atoms with Crippen LogP contribution in [0.3, 0.4) is 0 Å². The molecule has 2 atom stereocenters. The number of carboxylic acid groups (broad SMARTS) is 1. The van der Waals surface area contributed by atoms with E-state index in [9.17, 15) is 19.5 Å². The summed E-state index contributed by atoms with van der Waals surface area (Å²) in [5.74, 6) is -2.04. The number of ether oxygens (including phenoxy) is 4. The van der Waals surface area contributed by atoms with Crippen LogP contribution in [-0.4, -0.2) is 87.4 Å². The van der Waals surface area contributed by atoms with Gasteiger partial charge in [0.15, 0.2) is 6.10 Å². The second kappa shape index (κ2) is 56.4. The van der Waals surface area contributed by atoms with Crippen LogP contribution in [0, 0.1) is 0 Å². The summed E-state index contributed by atoms with van der Waals surface area (Å²) in [6.45, 7) is 4.61. The largest absolute Gasteiger partial charge is 0.477 e. The molecule has 0 aromatic carbocycles. The number of rotatable bonds is 55. The molecule has 1 N–H and O–H groups in total. The summed E-state index contributed by atoms with van der Waals surface area (Å²) in [5.41, 5.74) is 0. The molecule has 0 amide bonds. The van der Waals surface area contributed by atoms with Crippen molar-refractivity contribution in [1.82, 2.24) is 0 Å². The minimum Gasteiger partial charge on any atom is -0.477 e. The normalized spacial score (nSPS) is 13.5. The molecule has 0 aromatic heterocycles. The monoisotopic (exact) mass is 1050 g/mol. The summed E-state index contributed by atoms with van der Waals surface area (Å²) in [4.78, 5) is 37.3. The van der Waals surface area contributed by atoms with Crippen molar-refractivity contribution in [2.45, 2.75) is 257 Å². The molecule has 0 aromatic rings. The number of carboxylic acids is 1. The lowest BCUT2D eigenvalue weighted by atomic mass is 10.0. The van der Waals surface area contributed by atoms with Gasteiger partial charge in [-0.1, -0.05) is 239 Å². The zero-order valence-corrected chi connectivity index (χ0v) is 48.9. The summed E-state index contributed by atoms with van der Waals surface area (Å²) >= 11 is 0. The molecular formula is C66H114NO8+. The summed E-state index contributed by atoms with van der Waals surface area (Å²) in [6, 6.07) is 0. The molecule has 0 radical (unpaired) electrons. The number of carbonyl (C=O) groups excluding carboxylic acids is 2. The first-order chi connectivity index (χ1) is 36.6. The van der Waals surface area contributed by atoms with Gasteiger partial charge >= 0.3 is 17.9 Å². The topological polar surface area (TPSA) is 108 Å². The average molecular weight is 1050 g/mol. The van der Waals surface area contributed by atoms with Crippen LogP contribution in [0.25, 0.3) is 0 Å². The van der Waals surface area contributed by atoms with Gasteiger partial charge in [0.25, 0.3) is 6.29 Å². The molecule has 0 heterocycles. The molecule has 0 bridgehead atoms. The molecule has 75 heavy (non-hydrogen) atoms. The third-order valence-corrected chi connectivity index (χ3v) is 12.8. The van der Waals surface area contributed by atoms with Crippen LogP contribution in [-0.2, 0) is 33.3 Å². The molecule has 0 aliphatic carbocycles. The van der Waals surface area contributed by atoms with Crippen LogP contribution >= 0.6 is 0 Å². The van der Waals surface area contributed by atoms with Gasteiger partial charge in [0, 0.05) is 12.8 Å². The summed E-state index contributed by atoms with van der Waals surface area (Å²) in [6.07, 6.45) is 73.8. The standard InChI is InChI=1S/C66H113NO8/c1-6-8-10-12-14-16-18-20-21-22-23-24-25-26-27-28-29-30-31-32-33-34-35-36-37-38-39-40-41-42-43-45-47-49-51-53-55-57-64(69)75-62(61-74-66(65(70)71)72-59-58-67(3,4)5)60-73-63(68)56-54-52-50-48-46-44-19-17-15-13-11-9-7-2/h8-11,14-17,20-21,23-24,26-27,44,46,62,66H,6-7,12-13,18-19,22,25,28-43,45,47-61H2,1-5H3/p+1/b10-8-,11-9-,16-14-,17-15-,21-20-,24-23-,27-26-,46-44-. The van der Waals surface area contributed by atoms with Gasteiger partial charge in [-0.2, -0.15) is 0 Å². The SMILES string of the molecule is CC/C=C\C/C=C\C/C=C\C/C=C\C/C=C\CCCCCCCCCCCCCCCCCCCCCCCC(=O)OC(COC(=O)CCCCC/C=C\C/C=C\C/C=C\CC)COC(OCC[N+](C)(C)C)C(=O)O. The lowest BCUT2D eigenvalue weighted by Gasteiger charge is -2.25. The maximum absolute atomic E-state index is 12.9. The van der Waals surface area contributed by atoms with Crippen molar-refractivity contribution in [2.24, 2.45) is 0 Å². The molecule has 0 fully saturated rings. The molecule has 0 spiro atoms. The molecule has 0 saturated heterocycles. The van der Waals surface area contributed by atoms with Gasteiger partial charge in [0.1, 0.15) is 13.2 Å². The Morgan fingerprint density at radius 2 is 0.720 bits per heavy atom.